The Balaban J connectivity index is 1.65. The van der Waals surface area contributed by atoms with Gasteiger partial charge in [-0.05, 0) is 60.5 Å². The van der Waals surface area contributed by atoms with E-state index in [-0.39, 0.29) is 19.1 Å². The van der Waals surface area contributed by atoms with Crippen molar-refractivity contribution in [3.05, 3.63) is 88.9 Å². The first kappa shape index (κ1) is 22.7. The third-order valence-corrected chi connectivity index (χ3v) is 5.95. The van der Waals surface area contributed by atoms with Crippen LogP contribution in [0.4, 0.5) is 11.4 Å². The molecule has 0 aliphatic rings. The third kappa shape index (κ3) is 6.47. The molecule has 0 saturated carbocycles. The van der Waals surface area contributed by atoms with Crippen molar-refractivity contribution in [2.45, 2.75) is 13.5 Å². The summed E-state index contributed by atoms with van der Waals surface area (Å²) in [6.07, 6.45) is 1.16. The zero-order chi connectivity index (χ0) is 22.4. The maximum Gasteiger partial charge on any atom is 0.262 e. The van der Waals surface area contributed by atoms with Gasteiger partial charge in [0.2, 0.25) is 10.0 Å². The van der Waals surface area contributed by atoms with E-state index in [0.717, 1.165) is 23.1 Å². The van der Waals surface area contributed by atoms with Gasteiger partial charge in [-0.25, -0.2) is 8.42 Å². The number of anilines is 2. The number of amides is 1. The predicted octanol–water partition coefficient (Wildman–Crippen LogP) is 4.63. The number of nitrogens with zero attached hydrogens (tertiary/aromatic N) is 1. The average molecular weight is 459 g/mol. The van der Waals surface area contributed by atoms with Crippen LogP contribution in [0, 0.1) is 6.92 Å². The molecule has 1 amide bonds. The van der Waals surface area contributed by atoms with Crippen molar-refractivity contribution in [1.82, 2.24) is 0 Å². The van der Waals surface area contributed by atoms with Crippen LogP contribution in [0.2, 0.25) is 5.02 Å². The average Bonchev–Trinajstić information content (AvgIpc) is 2.73. The standard InChI is InChI=1S/C23H23ClN2O4S/c1-17-5-3-4-6-22(17)25-23(27)16-30-21-13-11-20(12-14-21)26(31(2,28)29)15-18-7-9-19(24)10-8-18/h3-14H,15-16H2,1-2H3,(H,25,27). The molecule has 0 spiro atoms. The van der Waals surface area contributed by atoms with Crippen LogP contribution in [0.1, 0.15) is 11.1 Å². The van der Waals surface area contributed by atoms with Crippen LogP contribution >= 0.6 is 11.6 Å². The molecular formula is C23H23ClN2O4S. The van der Waals surface area contributed by atoms with Gasteiger partial charge >= 0.3 is 0 Å². The molecule has 0 bridgehead atoms. The summed E-state index contributed by atoms with van der Waals surface area (Å²) >= 11 is 5.90. The van der Waals surface area contributed by atoms with Gasteiger partial charge < -0.3 is 10.1 Å². The number of sulfonamides is 1. The molecule has 162 valence electrons. The van der Waals surface area contributed by atoms with Crippen LogP contribution in [0.5, 0.6) is 5.75 Å². The van der Waals surface area contributed by atoms with Gasteiger partial charge in [0.05, 0.1) is 18.5 Å². The lowest BCUT2D eigenvalue weighted by molar-refractivity contribution is -0.118. The minimum absolute atomic E-state index is 0.158. The van der Waals surface area contributed by atoms with E-state index in [1.807, 2.05) is 31.2 Å². The number of rotatable bonds is 8. The van der Waals surface area contributed by atoms with E-state index in [4.69, 9.17) is 16.3 Å². The molecule has 1 N–H and O–H groups in total. The molecule has 0 atom stereocenters. The van der Waals surface area contributed by atoms with E-state index in [9.17, 15) is 13.2 Å². The first-order valence-electron chi connectivity index (χ1n) is 9.53. The monoisotopic (exact) mass is 458 g/mol. The lowest BCUT2D eigenvalue weighted by atomic mass is 10.2. The second-order valence-electron chi connectivity index (χ2n) is 7.04. The van der Waals surface area contributed by atoms with Gasteiger partial charge in [0.15, 0.2) is 6.61 Å². The molecule has 0 radical (unpaired) electrons. The van der Waals surface area contributed by atoms with Crippen molar-refractivity contribution in [3.8, 4) is 5.75 Å². The topological polar surface area (TPSA) is 75.7 Å². The molecule has 8 heteroatoms. The Labute approximate surface area is 187 Å². The van der Waals surface area contributed by atoms with Crippen molar-refractivity contribution in [2.75, 3.05) is 22.5 Å². The van der Waals surface area contributed by atoms with Crippen LogP contribution in [0.3, 0.4) is 0 Å². The number of hydrogen-bond acceptors (Lipinski definition) is 4. The summed E-state index contributed by atoms with van der Waals surface area (Å²) < 4.78 is 31.5. The molecule has 0 heterocycles. The van der Waals surface area contributed by atoms with E-state index in [0.29, 0.717) is 16.5 Å². The van der Waals surface area contributed by atoms with Crippen molar-refractivity contribution >= 4 is 38.9 Å². The number of nitrogens with one attached hydrogen (secondary N) is 1. The Kier molecular flexibility index (Phi) is 7.20. The lowest BCUT2D eigenvalue weighted by Crippen LogP contribution is -2.29. The maximum atomic E-state index is 12.3. The number of hydrogen-bond donors (Lipinski definition) is 1. The number of para-hydroxylation sites is 1. The Morgan fingerprint density at radius 3 is 2.26 bits per heavy atom. The summed E-state index contributed by atoms with van der Waals surface area (Å²) in [5, 5.41) is 3.39. The number of carbonyl (C=O) groups is 1. The normalized spacial score (nSPS) is 11.1. The molecule has 3 rings (SSSR count). The van der Waals surface area contributed by atoms with Gasteiger partial charge in [-0.3, -0.25) is 9.10 Å². The van der Waals surface area contributed by atoms with Gasteiger partial charge in [0, 0.05) is 10.7 Å². The van der Waals surface area contributed by atoms with Crippen molar-refractivity contribution in [3.63, 3.8) is 0 Å². The molecule has 0 fully saturated rings. The summed E-state index contributed by atoms with van der Waals surface area (Å²) in [6, 6.07) is 21.0. The quantitative estimate of drug-likeness (QED) is 0.534. The minimum atomic E-state index is -3.51. The summed E-state index contributed by atoms with van der Waals surface area (Å²) in [7, 11) is -3.51. The zero-order valence-electron chi connectivity index (χ0n) is 17.2. The van der Waals surface area contributed by atoms with Gasteiger partial charge in [0.25, 0.3) is 5.91 Å². The minimum Gasteiger partial charge on any atom is -0.484 e. The zero-order valence-corrected chi connectivity index (χ0v) is 18.8. The molecular weight excluding hydrogens is 436 g/mol. The Hall–Kier alpha value is -3.03. The van der Waals surface area contributed by atoms with E-state index in [2.05, 4.69) is 5.32 Å². The highest BCUT2D eigenvalue weighted by Gasteiger charge is 2.18. The fourth-order valence-electron chi connectivity index (χ4n) is 2.91. The fourth-order valence-corrected chi connectivity index (χ4v) is 3.93. The lowest BCUT2D eigenvalue weighted by Gasteiger charge is -2.23. The number of ether oxygens (including phenoxy) is 1. The van der Waals surface area contributed by atoms with E-state index >= 15 is 0 Å². The summed E-state index contributed by atoms with van der Waals surface area (Å²) in [6.45, 7) is 1.93. The number of carbonyl (C=O) groups excluding carboxylic acids is 1. The second-order valence-corrected chi connectivity index (χ2v) is 9.39. The molecule has 0 saturated heterocycles. The first-order valence-corrected chi connectivity index (χ1v) is 11.8. The van der Waals surface area contributed by atoms with Gasteiger partial charge in [-0.2, -0.15) is 0 Å². The van der Waals surface area contributed by atoms with E-state index in [1.165, 1.54) is 4.31 Å². The van der Waals surface area contributed by atoms with Crippen molar-refractivity contribution in [2.24, 2.45) is 0 Å². The first-order chi connectivity index (χ1) is 14.7. The fraction of sp³-hybridized carbons (Fsp3) is 0.174. The van der Waals surface area contributed by atoms with Crippen LogP contribution in [0.15, 0.2) is 72.8 Å². The highest BCUT2D eigenvalue weighted by atomic mass is 35.5. The predicted molar refractivity (Wildman–Crippen MR) is 124 cm³/mol. The smallest absolute Gasteiger partial charge is 0.262 e. The molecule has 31 heavy (non-hydrogen) atoms. The molecule has 0 aromatic heterocycles. The number of halogens is 1. The highest BCUT2D eigenvalue weighted by molar-refractivity contribution is 7.92. The molecule has 0 aliphatic carbocycles. The molecule has 3 aromatic rings. The Morgan fingerprint density at radius 2 is 1.65 bits per heavy atom. The van der Waals surface area contributed by atoms with Crippen LogP contribution in [0.25, 0.3) is 0 Å². The highest BCUT2D eigenvalue weighted by Crippen LogP contribution is 2.24. The molecule has 6 nitrogen and oxygen atoms in total. The van der Waals surface area contributed by atoms with Gasteiger partial charge in [-0.1, -0.05) is 41.9 Å². The van der Waals surface area contributed by atoms with E-state index in [1.54, 1.807) is 48.5 Å². The van der Waals surface area contributed by atoms with E-state index < -0.39 is 10.0 Å². The Bertz CT molecular complexity index is 1150. The molecule has 0 aliphatic heterocycles. The van der Waals surface area contributed by atoms with Crippen molar-refractivity contribution in [1.29, 1.82) is 0 Å². The third-order valence-electron chi connectivity index (χ3n) is 4.55. The van der Waals surface area contributed by atoms with Crippen LogP contribution in [-0.2, 0) is 21.4 Å². The SMILES string of the molecule is Cc1ccccc1NC(=O)COc1ccc(N(Cc2ccc(Cl)cc2)S(C)(=O)=O)cc1. The molecule has 3 aromatic carbocycles. The van der Waals surface area contributed by atoms with Gasteiger partial charge in [0.1, 0.15) is 5.75 Å². The van der Waals surface area contributed by atoms with Crippen LogP contribution in [-0.4, -0.2) is 27.2 Å². The maximum absolute atomic E-state index is 12.3. The Morgan fingerprint density at radius 1 is 1.00 bits per heavy atom. The number of aryl methyl sites for hydroxylation is 1. The van der Waals surface area contributed by atoms with Gasteiger partial charge in [-0.15, -0.1) is 0 Å². The summed E-state index contributed by atoms with van der Waals surface area (Å²) in [4.78, 5) is 12.1. The molecule has 0 unspecified atom stereocenters. The second kappa shape index (κ2) is 9.85. The summed E-state index contributed by atoms with van der Waals surface area (Å²) in [5.74, 6) is 0.183. The van der Waals surface area contributed by atoms with Crippen molar-refractivity contribution < 1.29 is 17.9 Å². The largest absolute Gasteiger partial charge is 0.484 e. The van der Waals surface area contributed by atoms with Crippen LogP contribution < -0.4 is 14.4 Å². The number of benzene rings is 3. The summed E-state index contributed by atoms with van der Waals surface area (Å²) in [5.41, 5.74) is 3.00.